The number of fused-ring (bicyclic) bond motifs is 3. The maximum atomic E-state index is 12.3. The van der Waals surface area contributed by atoms with Gasteiger partial charge in [-0.3, -0.25) is 10.1 Å². The lowest BCUT2D eigenvalue weighted by Gasteiger charge is -2.30. The number of nitrogens with one attached hydrogen (secondary N) is 3. The SMILES string of the molecule is Cl.Cl.O=C1NC(N[C@H]2[C@@H]3CC[C@@H](C3)[C@H]2CO)=NC1=Cc1c[nH]c2ncccc12. The van der Waals surface area contributed by atoms with Gasteiger partial charge in [0.05, 0.1) is 0 Å². The van der Waals surface area contributed by atoms with Crippen LogP contribution in [0.1, 0.15) is 24.8 Å². The summed E-state index contributed by atoms with van der Waals surface area (Å²) in [6.45, 7) is 0.186. The zero-order chi connectivity index (χ0) is 17.7. The normalized spacial score (nSPS) is 29.4. The summed E-state index contributed by atoms with van der Waals surface area (Å²) in [6.07, 6.45) is 8.88. The van der Waals surface area contributed by atoms with Crippen molar-refractivity contribution in [2.75, 3.05) is 6.61 Å². The van der Waals surface area contributed by atoms with Crippen LogP contribution in [0.3, 0.4) is 0 Å². The summed E-state index contributed by atoms with van der Waals surface area (Å²) >= 11 is 0. The molecule has 3 aliphatic rings. The highest BCUT2D eigenvalue weighted by atomic mass is 35.5. The number of pyridine rings is 1. The summed E-state index contributed by atoms with van der Waals surface area (Å²) < 4.78 is 0. The zero-order valence-corrected chi connectivity index (χ0v) is 16.7. The summed E-state index contributed by atoms with van der Waals surface area (Å²) in [5.41, 5.74) is 2.05. The molecule has 28 heavy (non-hydrogen) atoms. The Labute approximate surface area is 174 Å². The van der Waals surface area contributed by atoms with Gasteiger partial charge in [-0.2, -0.15) is 0 Å². The molecule has 4 N–H and O–H groups in total. The van der Waals surface area contributed by atoms with Gasteiger partial charge < -0.3 is 15.4 Å². The van der Waals surface area contributed by atoms with Crippen LogP contribution in [0.2, 0.25) is 0 Å². The number of guanidine groups is 1. The fourth-order valence-electron chi connectivity index (χ4n) is 4.84. The number of rotatable bonds is 3. The second-order valence-electron chi connectivity index (χ2n) is 7.44. The first kappa shape index (κ1) is 20.6. The third-order valence-corrected chi connectivity index (χ3v) is 6.07. The Morgan fingerprint density at radius 2 is 2.11 bits per heavy atom. The first-order chi connectivity index (χ1) is 12.7. The highest BCUT2D eigenvalue weighted by Crippen LogP contribution is 2.48. The van der Waals surface area contributed by atoms with E-state index < -0.39 is 0 Å². The molecule has 4 atom stereocenters. The molecule has 1 amide bonds. The van der Waals surface area contributed by atoms with Gasteiger partial charge in [-0.25, -0.2) is 9.98 Å². The fourth-order valence-corrected chi connectivity index (χ4v) is 4.84. The molecule has 2 bridgehead atoms. The zero-order valence-electron chi connectivity index (χ0n) is 15.1. The molecule has 2 aromatic rings. The molecule has 5 rings (SSSR count). The fraction of sp³-hybridized carbons (Fsp3) is 0.421. The van der Waals surface area contributed by atoms with Crippen LogP contribution >= 0.6 is 24.8 Å². The number of aliphatic hydroxyl groups excluding tert-OH is 1. The molecule has 0 unspecified atom stereocenters. The number of amides is 1. The van der Waals surface area contributed by atoms with E-state index in [1.165, 1.54) is 12.8 Å². The maximum Gasteiger partial charge on any atom is 0.276 e. The number of carbonyl (C=O) groups excluding carboxylic acids is 1. The number of aromatic nitrogens is 2. The highest BCUT2D eigenvalue weighted by molar-refractivity contribution is 6.14. The molecule has 2 saturated carbocycles. The minimum atomic E-state index is -0.213. The Bertz CT molecular complexity index is 941. The van der Waals surface area contributed by atoms with E-state index in [-0.39, 0.29) is 49.3 Å². The van der Waals surface area contributed by atoms with E-state index in [1.54, 1.807) is 12.3 Å². The quantitative estimate of drug-likeness (QED) is 0.568. The number of aliphatic hydroxyl groups is 1. The van der Waals surface area contributed by atoms with E-state index in [2.05, 4.69) is 25.6 Å². The lowest BCUT2D eigenvalue weighted by atomic mass is 9.85. The number of hydrogen-bond donors (Lipinski definition) is 4. The Balaban J connectivity index is 0.00000112. The van der Waals surface area contributed by atoms with E-state index >= 15 is 0 Å². The summed E-state index contributed by atoms with van der Waals surface area (Å²) in [5, 5.41) is 16.9. The Morgan fingerprint density at radius 3 is 2.93 bits per heavy atom. The molecule has 0 aromatic carbocycles. The number of hydrogen-bond acceptors (Lipinski definition) is 5. The minimum absolute atomic E-state index is 0. The number of carbonyl (C=O) groups is 1. The van der Waals surface area contributed by atoms with Gasteiger partial charge in [0.25, 0.3) is 5.91 Å². The smallest absolute Gasteiger partial charge is 0.276 e. The monoisotopic (exact) mass is 423 g/mol. The molecule has 150 valence electrons. The summed E-state index contributed by atoms with van der Waals surface area (Å²) in [5.74, 6) is 1.68. The van der Waals surface area contributed by atoms with Gasteiger partial charge in [0.15, 0.2) is 0 Å². The molecule has 7 nitrogen and oxygen atoms in total. The third-order valence-electron chi connectivity index (χ3n) is 6.07. The minimum Gasteiger partial charge on any atom is -0.396 e. The van der Waals surface area contributed by atoms with E-state index in [4.69, 9.17) is 0 Å². The second kappa shape index (κ2) is 8.11. The topological polar surface area (TPSA) is 102 Å². The molecule has 0 radical (unpaired) electrons. The number of H-pyrrole nitrogens is 1. The largest absolute Gasteiger partial charge is 0.396 e. The van der Waals surface area contributed by atoms with Crippen molar-refractivity contribution in [2.45, 2.75) is 25.3 Å². The average molecular weight is 424 g/mol. The molecular weight excluding hydrogens is 401 g/mol. The molecule has 9 heteroatoms. The van der Waals surface area contributed by atoms with Gasteiger partial charge in [-0.1, -0.05) is 0 Å². The lowest BCUT2D eigenvalue weighted by molar-refractivity contribution is -0.115. The van der Waals surface area contributed by atoms with Gasteiger partial charge in [0.2, 0.25) is 5.96 Å². The first-order valence-corrected chi connectivity index (χ1v) is 9.14. The Morgan fingerprint density at radius 1 is 1.29 bits per heavy atom. The van der Waals surface area contributed by atoms with Crippen LogP contribution in [0.4, 0.5) is 0 Å². The molecule has 0 spiro atoms. The van der Waals surface area contributed by atoms with Crippen LogP contribution < -0.4 is 10.6 Å². The van der Waals surface area contributed by atoms with E-state index in [1.807, 2.05) is 18.3 Å². The van der Waals surface area contributed by atoms with Crippen molar-refractivity contribution in [3.8, 4) is 0 Å². The van der Waals surface area contributed by atoms with Gasteiger partial charge in [0.1, 0.15) is 11.3 Å². The van der Waals surface area contributed by atoms with Crippen LogP contribution in [-0.4, -0.2) is 39.6 Å². The van der Waals surface area contributed by atoms with Crippen molar-refractivity contribution in [1.29, 1.82) is 0 Å². The van der Waals surface area contributed by atoms with E-state index in [9.17, 15) is 9.90 Å². The standard InChI is InChI=1S/C19H21N5O2.2ClH/c25-9-14-10-3-4-11(6-10)16(14)23-19-22-15(18(26)24-19)7-12-8-21-17-13(12)2-1-5-20-17;;/h1-2,5,7-8,10-11,14,16,25H,3-4,6,9H2,(H,20,21)(H2,22,23,24,26);2*1H/t10-,11+,14+,16-;;/m0../s1. The van der Waals surface area contributed by atoms with Crippen LogP contribution in [0.5, 0.6) is 0 Å². The number of nitrogens with zero attached hydrogens (tertiary/aromatic N) is 2. The van der Waals surface area contributed by atoms with Crippen LogP contribution in [0.15, 0.2) is 35.2 Å². The number of aliphatic imine (C=N–C) groups is 1. The highest BCUT2D eigenvalue weighted by Gasteiger charge is 2.47. The average Bonchev–Trinajstić information content (AvgIpc) is 3.41. The molecular formula is C19H23Cl2N5O2. The molecule has 2 aliphatic carbocycles. The van der Waals surface area contributed by atoms with Crippen LogP contribution in [-0.2, 0) is 4.79 Å². The second-order valence-corrected chi connectivity index (χ2v) is 7.44. The molecule has 0 saturated heterocycles. The van der Waals surface area contributed by atoms with Crippen molar-refractivity contribution < 1.29 is 9.90 Å². The van der Waals surface area contributed by atoms with Gasteiger partial charge in [-0.05, 0) is 49.3 Å². The first-order valence-electron chi connectivity index (χ1n) is 9.14. The lowest BCUT2D eigenvalue weighted by Crippen LogP contribution is -2.49. The molecule has 3 heterocycles. The Hall–Kier alpha value is -2.09. The predicted molar refractivity (Wildman–Crippen MR) is 112 cm³/mol. The molecule has 2 aromatic heterocycles. The van der Waals surface area contributed by atoms with Gasteiger partial charge in [-0.15, -0.1) is 24.8 Å². The number of halogens is 2. The summed E-state index contributed by atoms with van der Waals surface area (Å²) in [6, 6.07) is 4.02. The predicted octanol–water partition coefficient (Wildman–Crippen LogP) is 2.23. The van der Waals surface area contributed by atoms with Crippen molar-refractivity contribution in [1.82, 2.24) is 20.6 Å². The van der Waals surface area contributed by atoms with Crippen molar-refractivity contribution in [3.05, 3.63) is 35.8 Å². The van der Waals surface area contributed by atoms with E-state index in [0.717, 1.165) is 23.0 Å². The van der Waals surface area contributed by atoms with Crippen LogP contribution in [0.25, 0.3) is 17.1 Å². The summed E-state index contributed by atoms with van der Waals surface area (Å²) in [4.78, 5) is 24.1. The third kappa shape index (κ3) is 3.38. The van der Waals surface area contributed by atoms with Crippen LogP contribution in [0, 0.1) is 17.8 Å². The van der Waals surface area contributed by atoms with Gasteiger partial charge in [0, 0.05) is 41.9 Å². The van der Waals surface area contributed by atoms with Crippen molar-refractivity contribution in [2.24, 2.45) is 22.7 Å². The number of aromatic amines is 1. The molecule has 1 aliphatic heterocycles. The van der Waals surface area contributed by atoms with Crippen molar-refractivity contribution in [3.63, 3.8) is 0 Å². The Kier molecular flexibility index (Phi) is 5.98. The van der Waals surface area contributed by atoms with E-state index in [0.29, 0.717) is 23.5 Å². The van der Waals surface area contributed by atoms with Gasteiger partial charge >= 0.3 is 0 Å². The summed E-state index contributed by atoms with van der Waals surface area (Å²) in [7, 11) is 0. The maximum absolute atomic E-state index is 12.3. The van der Waals surface area contributed by atoms with Crippen molar-refractivity contribution >= 4 is 53.8 Å². The molecule has 2 fully saturated rings.